The third kappa shape index (κ3) is 2.08. The zero-order valence-electron chi connectivity index (χ0n) is 9.03. The van der Waals surface area contributed by atoms with Crippen LogP contribution >= 0.6 is 27.5 Å². The zero-order chi connectivity index (χ0) is 11.0. The molecule has 1 aliphatic rings. The van der Waals surface area contributed by atoms with E-state index in [-0.39, 0.29) is 0 Å². The summed E-state index contributed by atoms with van der Waals surface area (Å²) >= 11 is 9.79. The van der Waals surface area contributed by atoms with Crippen LogP contribution in [0.5, 0.6) is 0 Å². The van der Waals surface area contributed by atoms with Crippen LogP contribution in [-0.4, -0.2) is 13.1 Å². The largest absolute Gasteiger partial charge is 0.316 e. The van der Waals surface area contributed by atoms with Crippen LogP contribution in [0.2, 0.25) is 5.02 Å². The molecule has 1 heterocycles. The number of benzene rings is 1. The molecule has 1 aromatic rings. The fourth-order valence-electron chi connectivity index (χ4n) is 2.38. The van der Waals surface area contributed by atoms with Crippen molar-refractivity contribution in [2.75, 3.05) is 13.1 Å². The molecule has 15 heavy (non-hydrogen) atoms. The molecule has 1 nitrogen and oxygen atoms in total. The first kappa shape index (κ1) is 11.4. The summed E-state index contributed by atoms with van der Waals surface area (Å²) in [6.07, 6.45) is 1.22. The van der Waals surface area contributed by atoms with Crippen LogP contribution < -0.4 is 5.32 Å². The summed E-state index contributed by atoms with van der Waals surface area (Å²) in [6.45, 7) is 6.48. The molecule has 1 saturated heterocycles. The van der Waals surface area contributed by atoms with E-state index in [1.165, 1.54) is 23.1 Å². The minimum absolute atomic E-state index is 0.625. The second-order valence-electron chi connectivity index (χ2n) is 4.19. The molecule has 0 radical (unpaired) electrons. The van der Waals surface area contributed by atoms with Gasteiger partial charge < -0.3 is 5.32 Å². The van der Waals surface area contributed by atoms with Gasteiger partial charge in [-0.15, -0.1) is 0 Å². The van der Waals surface area contributed by atoms with E-state index in [2.05, 4.69) is 35.1 Å². The Labute approximate surface area is 104 Å². The second-order valence-corrected chi connectivity index (χ2v) is 5.46. The molecule has 0 bridgehead atoms. The van der Waals surface area contributed by atoms with Crippen molar-refractivity contribution < 1.29 is 0 Å². The van der Waals surface area contributed by atoms with Crippen molar-refractivity contribution in [3.8, 4) is 0 Å². The lowest BCUT2D eigenvalue weighted by Gasteiger charge is -2.18. The van der Waals surface area contributed by atoms with Gasteiger partial charge in [0.05, 0.1) is 0 Å². The van der Waals surface area contributed by atoms with Crippen molar-refractivity contribution in [3.05, 3.63) is 32.3 Å². The van der Waals surface area contributed by atoms with Gasteiger partial charge in [-0.1, -0.05) is 27.5 Å². The van der Waals surface area contributed by atoms with Gasteiger partial charge in [-0.3, -0.25) is 0 Å². The molecule has 1 atom stereocenters. The predicted molar refractivity (Wildman–Crippen MR) is 68.9 cm³/mol. The lowest BCUT2D eigenvalue weighted by Crippen LogP contribution is -2.10. The van der Waals surface area contributed by atoms with Crippen molar-refractivity contribution in [3.63, 3.8) is 0 Å². The molecule has 0 spiro atoms. The normalized spacial score (nSPS) is 20.9. The second kappa shape index (κ2) is 4.44. The highest BCUT2D eigenvalue weighted by molar-refractivity contribution is 9.10. The van der Waals surface area contributed by atoms with Crippen molar-refractivity contribution in [2.45, 2.75) is 26.2 Å². The van der Waals surface area contributed by atoms with E-state index < -0.39 is 0 Å². The molecule has 0 amide bonds. The Kier molecular flexibility index (Phi) is 3.39. The molecular weight excluding hydrogens is 273 g/mol. The lowest BCUT2D eigenvalue weighted by atomic mass is 9.90. The van der Waals surface area contributed by atoms with Crippen molar-refractivity contribution in [1.82, 2.24) is 5.32 Å². The average Bonchev–Trinajstić information content (AvgIpc) is 2.69. The number of hydrogen-bond acceptors (Lipinski definition) is 1. The van der Waals surface area contributed by atoms with E-state index in [1.807, 2.05) is 6.07 Å². The van der Waals surface area contributed by atoms with Gasteiger partial charge in [-0.25, -0.2) is 0 Å². The molecule has 1 aromatic carbocycles. The molecule has 2 rings (SSSR count). The third-order valence-electron chi connectivity index (χ3n) is 3.25. The van der Waals surface area contributed by atoms with Crippen molar-refractivity contribution >= 4 is 27.5 Å². The van der Waals surface area contributed by atoms with E-state index in [0.29, 0.717) is 5.92 Å². The Morgan fingerprint density at radius 2 is 2.13 bits per heavy atom. The summed E-state index contributed by atoms with van der Waals surface area (Å²) in [5.41, 5.74) is 4.01. The van der Waals surface area contributed by atoms with Gasteiger partial charge in [0.15, 0.2) is 0 Å². The van der Waals surface area contributed by atoms with E-state index in [9.17, 15) is 0 Å². The minimum atomic E-state index is 0.625. The van der Waals surface area contributed by atoms with E-state index in [4.69, 9.17) is 11.6 Å². The fraction of sp³-hybridized carbons (Fsp3) is 0.500. The van der Waals surface area contributed by atoms with Gasteiger partial charge in [0.25, 0.3) is 0 Å². The van der Waals surface area contributed by atoms with Crippen LogP contribution in [0.15, 0.2) is 10.5 Å². The Hall–Kier alpha value is -0.0500. The highest BCUT2D eigenvalue weighted by Crippen LogP contribution is 2.36. The maximum atomic E-state index is 6.22. The first-order valence-corrected chi connectivity index (χ1v) is 6.44. The number of halogens is 2. The Bertz CT molecular complexity index is 357. The van der Waals surface area contributed by atoms with Crippen molar-refractivity contribution in [2.24, 2.45) is 0 Å². The molecule has 1 fully saturated rings. The quantitative estimate of drug-likeness (QED) is 0.829. The van der Waals surface area contributed by atoms with Crippen LogP contribution in [0.25, 0.3) is 0 Å². The maximum absolute atomic E-state index is 6.22. The van der Waals surface area contributed by atoms with Crippen LogP contribution in [0.3, 0.4) is 0 Å². The zero-order valence-corrected chi connectivity index (χ0v) is 11.4. The minimum Gasteiger partial charge on any atom is -0.316 e. The summed E-state index contributed by atoms with van der Waals surface area (Å²) < 4.78 is 1.13. The van der Waals surface area contributed by atoms with Crippen LogP contribution in [0.4, 0.5) is 0 Å². The summed E-state index contributed by atoms with van der Waals surface area (Å²) in [4.78, 5) is 0. The molecule has 1 unspecified atom stereocenters. The van der Waals surface area contributed by atoms with Crippen LogP contribution in [0.1, 0.15) is 29.0 Å². The van der Waals surface area contributed by atoms with Gasteiger partial charge in [-0.05, 0) is 55.5 Å². The molecule has 0 saturated carbocycles. The topological polar surface area (TPSA) is 12.0 Å². The first-order valence-electron chi connectivity index (χ1n) is 5.27. The van der Waals surface area contributed by atoms with E-state index in [0.717, 1.165) is 22.6 Å². The average molecular weight is 289 g/mol. The van der Waals surface area contributed by atoms with Crippen LogP contribution in [0, 0.1) is 13.8 Å². The fourth-order valence-corrected chi connectivity index (χ4v) is 3.16. The number of nitrogens with one attached hydrogen (secondary N) is 1. The van der Waals surface area contributed by atoms with Gasteiger partial charge in [-0.2, -0.15) is 0 Å². The summed E-state index contributed by atoms with van der Waals surface area (Å²) in [6, 6.07) is 2.00. The molecule has 1 aliphatic heterocycles. The Morgan fingerprint density at radius 3 is 2.73 bits per heavy atom. The van der Waals surface area contributed by atoms with Gasteiger partial charge in [0.1, 0.15) is 0 Å². The summed E-state index contributed by atoms with van der Waals surface area (Å²) in [5, 5.41) is 4.28. The van der Waals surface area contributed by atoms with Gasteiger partial charge in [0, 0.05) is 16.0 Å². The maximum Gasteiger partial charge on any atom is 0.0449 e. The lowest BCUT2D eigenvalue weighted by molar-refractivity contribution is 0.750. The molecule has 1 N–H and O–H groups in total. The van der Waals surface area contributed by atoms with E-state index >= 15 is 0 Å². The smallest absolute Gasteiger partial charge is 0.0449 e. The summed E-state index contributed by atoms with van der Waals surface area (Å²) in [5.74, 6) is 0.625. The number of rotatable bonds is 1. The molecule has 0 aliphatic carbocycles. The Morgan fingerprint density at radius 1 is 1.40 bits per heavy atom. The molecule has 0 aromatic heterocycles. The Balaban J connectivity index is 2.52. The molecule has 3 heteroatoms. The van der Waals surface area contributed by atoms with Gasteiger partial charge in [0.2, 0.25) is 0 Å². The van der Waals surface area contributed by atoms with Crippen molar-refractivity contribution in [1.29, 1.82) is 0 Å². The van der Waals surface area contributed by atoms with Crippen LogP contribution in [-0.2, 0) is 0 Å². The molecular formula is C12H15BrClN. The number of hydrogen-bond donors (Lipinski definition) is 1. The monoisotopic (exact) mass is 287 g/mol. The highest BCUT2D eigenvalue weighted by Gasteiger charge is 2.22. The SMILES string of the molecule is Cc1c(Cl)cc(Br)c(C)c1C1CCNC1. The third-order valence-corrected chi connectivity index (χ3v) is 4.46. The summed E-state index contributed by atoms with van der Waals surface area (Å²) in [7, 11) is 0. The van der Waals surface area contributed by atoms with E-state index in [1.54, 1.807) is 0 Å². The standard InChI is InChI=1S/C12H15BrClN/c1-7-10(13)5-11(14)8(2)12(7)9-3-4-15-6-9/h5,9,15H,3-4,6H2,1-2H3. The predicted octanol–water partition coefficient (Wildman–Crippen LogP) is 3.80. The van der Waals surface area contributed by atoms with Gasteiger partial charge >= 0.3 is 0 Å². The first-order chi connectivity index (χ1) is 7.11. The molecule has 82 valence electrons. The highest BCUT2D eigenvalue weighted by atomic mass is 79.9.